The molecule has 0 bridgehead atoms. The Labute approximate surface area is 104 Å². The third kappa shape index (κ3) is 6.19. The molecule has 1 nitrogen and oxygen atoms in total. The Morgan fingerprint density at radius 2 is 2.00 bits per heavy atom. The molecule has 1 atom stereocenters. The van der Waals surface area contributed by atoms with Crippen LogP contribution >= 0.6 is 11.8 Å². The Balaban J connectivity index is 2.03. The van der Waals surface area contributed by atoms with Crippen LogP contribution in [0.15, 0.2) is 30.3 Å². The summed E-state index contributed by atoms with van der Waals surface area (Å²) < 4.78 is 0. The highest BCUT2D eigenvalue weighted by Gasteiger charge is 1.99. The van der Waals surface area contributed by atoms with Crippen LogP contribution < -0.4 is 5.32 Å². The zero-order valence-electron chi connectivity index (χ0n) is 10.4. The molecule has 0 saturated heterocycles. The van der Waals surface area contributed by atoms with Gasteiger partial charge in [-0.15, -0.1) is 0 Å². The highest BCUT2D eigenvalue weighted by atomic mass is 32.2. The molecule has 1 unspecified atom stereocenters. The van der Waals surface area contributed by atoms with Gasteiger partial charge in [-0.25, -0.2) is 0 Å². The van der Waals surface area contributed by atoms with Crippen molar-refractivity contribution in [3.8, 4) is 0 Å². The maximum Gasteiger partial charge on any atom is 0.0129 e. The smallest absolute Gasteiger partial charge is 0.0129 e. The van der Waals surface area contributed by atoms with Crippen molar-refractivity contribution in [1.29, 1.82) is 0 Å². The molecule has 1 N–H and O–H groups in total. The van der Waals surface area contributed by atoms with Crippen molar-refractivity contribution in [1.82, 2.24) is 5.32 Å². The zero-order valence-corrected chi connectivity index (χ0v) is 11.2. The number of aryl methyl sites for hydroxylation is 1. The minimum absolute atomic E-state index is 0.640. The van der Waals surface area contributed by atoms with Crippen molar-refractivity contribution >= 4 is 11.8 Å². The van der Waals surface area contributed by atoms with Gasteiger partial charge in [0.1, 0.15) is 0 Å². The van der Waals surface area contributed by atoms with E-state index in [0.717, 1.165) is 6.54 Å². The molecule has 0 aromatic heterocycles. The highest BCUT2D eigenvalue weighted by Crippen LogP contribution is 2.03. The average molecular weight is 237 g/mol. The Hall–Kier alpha value is -0.470. The van der Waals surface area contributed by atoms with Crippen LogP contribution in [0.2, 0.25) is 0 Å². The van der Waals surface area contributed by atoms with Crippen LogP contribution in [0.4, 0.5) is 0 Å². The van der Waals surface area contributed by atoms with Gasteiger partial charge in [-0.3, -0.25) is 0 Å². The molecule has 1 aromatic rings. The first-order valence-electron chi connectivity index (χ1n) is 6.18. The van der Waals surface area contributed by atoms with Gasteiger partial charge in [-0.05, 0) is 37.6 Å². The van der Waals surface area contributed by atoms with E-state index < -0.39 is 0 Å². The quantitative estimate of drug-likeness (QED) is 0.696. The summed E-state index contributed by atoms with van der Waals surface area (Å²) in [4.78, 5) is 0. The highest BCUT2D eigenvalue weighted by molar-refractivity contribution is 7.99. The van der Waals surface area contributed by atoms with E-state index in [1.54, 1.807) is 0 Å². The van der Waals surface area contributed by atoms with Gasteiger partial charge in [-0.2, -0.15) is 11.8 Å². The summed E-state index contributed by atoms with van der Waals surface area (Å²) in [6, 6.07) is 11.4. The van der Waals surface area contributed by atoms with Crippen LogP contribution in [0, 0.1) is 0 Å². The van der Waals surface area contributed by atoms with E-state index in [9.17, 15) is 0 Å². The lowest BCUT2D eigenvalue weighted by atomic mass is 10.1. The van der Waals surface area contributed by atoms with E-state index in [-0.39, 0.29) is 0 Å². The monoisotopic (exact) mass is 237 g/mol. The van der Waals surface area contributed by atoms with Crippen LogP contribution in [-0.4, -0.2) is 24.1 Å². The number of hydrogen-bond acceptors (Lipinski definition) is 2. The summed E-state index contributed by atoms with van der Waals surface area (Å²) in [5.74, 6) is 2.44. The van der Waals surface area contributed by atoms with Crippen molar-refractivity contribution in [3.63, 3.8) is 0 Å². The average Bonchev–Trinajstić information content (AvgIpc) is 2.33. The van der Waals surface area contributed by atoms with Gasteiger partial charge >= 0.3 is 0 Å². The third-order valence-electron chi connectivity index (χ3n) is 2.55. The van der Waals surface area contributed by atoms with Gasteiger partial charge in [0.2, 0.25) is 0 Å². The Morgan fingerprint density at radius 1 is 1.25 bits per heavy atom. The van der Waals surface area contributed by atoms with Gasteiger partial charge in [0.25, 0.3) is 0 Å². The molecule has 0 amide bonds. The Bertz CT molecular complexity index is 261. The molecule has 90 valence electrons. The first-order chi connectivity index (χ1) is 7.83. The molecule has 1 aromatic carbocycles. The number of hydrogen-bond donors (Lipinski definition) is 1. The maximum absolute atomic E-state index is 3.57. The second-order valence-electron chi connectivity index (χ2n) is 4.10. The van der Waals surface area contributed by atoms with Crippen LogP contribution in [0.3, 0.4) is 0 Å². The molecular formula is C14H23NS. The topological polar surface area (TPSA) is 12.0 Å². The fraction of sp³-hybridized carbons (Fsp3) is 0.571. The van der Waals surface area contributed by atoms with Gasteiger partial charge < -0.3 is 5.32 Å². The lowest BCUT2D eigenvalue weighted by Crippen LogP contribution is -2.29. The summed E-state index contributed by atoms with van der Waals surface area (Å²) in [6.45, 7) is 5.61. The lowest BCUT2D eigenvalue weighted by Gasteiger charge is -2.12. The van der Waals surface area contributed by atoms with Crippen molar-refractivity contribution < 1.29 is 0 Å². The van der Waals surface area contributed by atoms with Crippen LogP contribution in [0.1, 0.15) is 25.8 Å². The van der Waals surface area contributed by atoms with E-state index in [1.807, 2.05) is 11.8 Å². The summed E-state index contributed by atoms with van der Waals surface area (Å²) >= 11 is 2.01. The molecule has 0 heterocycles. The van der Waals surface area contributed by atoms with E-state index in [2.05, 4.69) is 49.5 Å². The summed E-state index contributed by atoms with van der Waals surface area (Å²) in [6.07, 6.45) is 2.41. The van der Waals surface area contributed by atoms with Crippen molar-refractivity contribution in [3.05, 3.63) is 35.9 Å². The minimum atomic E-state index is 0.640. The molecule has 0 aliphatic rings. The number of thioether (sulfide) groups is 1. The number of nitrogens with one attached hydrogen (secondary N) is 1. The van der Waals surface area contributed by atoms with Crippen molar-refractivity contribution in [2.24, 2.45) is 0 Å². The van der Waals surface area contributed by atoms with E-state index in [0.29, 0.717) is 6.04 Å². The normalized spacial score (nSPS) is 12.6. The maximum atomic E-state index is 3.57. The SMILES string of the molecule is CCSCC(C)NCCCc1ccccc1. The Morgan fingerprint density at radius 3 is 2.69 bits per heavy atom. The zero-order chi connectivity index (χ0) is 11.6. The van der Waals surface area contributed by atoms with Crippen LogP contribution in [0.25, 0.3) is 0 Å². The fourth-order valence-corrected chi connectivity index (χ4v) is 2.35. The second-order valence-corrected chi connectivity index (χ2v) is 5.42. The van der Waals surface area contributed by atoms with Crippen molar-refractivity contribution in [2.45, 2.75) is 32.7 Å². The molecule has 0 spiro atoms. The largest absolute Gasteiger partial charge is 0.313 e. The molecule has 0 aliphatic heterocycles. The summed E-state index contributed by atoms with van der Waals surface area (Å²) in [7, 11) is 0. The van der Waals surface area contributed by atoms with Gasteiger partial charge in [0.05, 0.1) is 0 Å². The standard InChI is InChI=1S/C14H23NS/c1-3-16-12-13(2)15-11-7-10-14-8-5-4-6-9-14/h4-6,8-9,13,15H,3,7,10-12H2,1-2H3. The second kappa shape index (κ2) is 8.66. The predicted octanol–water partition coefficient (Wildman–Crippen LogP) is 3.35. The fourth-order valence-electron chi connectivity index (χ4n) is 1.64. The number of benzene rings is 1. The summed E-state index contributed by atoms with van der Waals surface area (Å²) in [5.41, 5.74) is 1.44. The molecule has 0 aliphatic carbocycles. The molecule has 0 saturated carbocycles. The van der Waals surface area contributed by atoms with Crippen LogP contribution in [-0.2, 0) is 6.42 Å². The Kier molecular flexibility index (Phi) is 7.35. The molecule has 0 fully saturated rings. The molecule has 0 radical (unpaired) electrons. The first kappa shape index (κ1) is 13.6. The first-order valence-corrected chi connectivity index (χ1v) is 7.33. The number of rotatable bonds is 8. The lowest BCUT2D eigenvalue weighted by molar-refractivity contribution is 0.576. The van der Waals surface area contributed by atoms with E-state index >= 15 is 0 Å². The molecular weight excluding hydrogens is 214 g/mol. The van der Waals surface area contributed by atoms with E-state index in [1.165, 1.54) is 29.9 Å². The van der Waals surface area contributed by atoms with E-state index in [4.69, 9.17) is 0 Å². The molecule has 1 rings (SSSR count). The summed E-state index contributed by atoms with van der Waals surface area (Å²) in [5, 5.41) is 3.57. The van der Waals surface area contributed by atoms with Gasteiger partial charge in [-0.1, -0.05) is 37.3 Å². The third-order valence-corrected chi connectivity index (χ3v) is 3.69. The van der Waals surface area contributed by atoms with Gasteiger partial charge in [0.15, 0.2) is 0 Å². The molecule has 2 heteroatoms. The van der Waals surface area contributed by atoms with Crippen molar-refractivity contribution in [2.75, 3.05) is 18.1 Å². The minimum Gasteiger partial charge on any atom is -0.313 e. The predicted molar refractivity (Wildman–Crippen MR) is 75.2 cm³/mol. The van der Waals surface area contributed by atoms with Gasteiger partial charge in [0, 0.05) is 11.8 Å². The molecule has 16 heavy (non-hydrogen) atoms. The van der Waals surface area contributed by atoms with Crippen LogP contribution in [0.5, 0.6) is 0 Å².